The van der Waals surface area contributed by atoms with E-state index in [9.17, 15) is 12.8 Å². The van der Waals surface area contributed by atoms with Crippen molar-refractivity contribution in [1.29, 1.82) is 0 Å². The Bertz CT molecular complexity index is 1760. The summed E-state index contributed by atoms with van der Waals surface area (Å²) in [5, 5.41) is 9.83. The smallest absolute Gasteiger partial charge is 0.246 e. The summed E-state index contributed by atoms with van der Waals surface area (Å²) in [6.07, 6.45) is 7.21. The zero-order valence-corrected chi connectivity index (χ0v) is 23.5. The highest BCUT2D eigenvalue weighted by Gasteiger charge is 2.45. The van der Waals surface area contributed by atoms with Crippen molar-refractivity contribution in [2.24, 2.45) is 0 Å². The number of hydrogen-bond donors (Lipinski definition) is 0. The summed E-state index contributed by atoms with van der Waals surface area (Å²) >= 11 is 0. The Kier molecular flexibility index (Phi) is 6.80. The van der Waals surface area contributed by atoms with Gasteiger partial charge in [-0.05, 0) is 79.3 Å². The molecule has 0 spiro atoms. The number of aromatic nitrogens is 4. The SMILES string of the molecule is CCCn1cc(S(=O)(=O)N2CC[C@@](Cc3ccccc3)(c3cc4cnn(-c5ccc(F)cc5)c4cc3C)C2)cn1. The van der Waals surface area contributed by atoms with Crippen LogP contribution in [0.15, 0.2) is 90.2 Å². The summed E-state index contributed by atoms with van der Waals surface area (Å²) < 4.78 is 46.1. The summed E-state index contributed by atoms with van der Waals surface area (Å²) in [4.78, 5) is 0.240. The fourth-order valence-electron chi connectivity index (χ4n) is 6.00. The molecule has 7 nitrogen and oxygen atoms in total. The monoisotopic (exact) mass is 557 g/mol. The number of halogens is 1. The number of fused-ring (bicyclic) bond motifs is 1. The van der Waals surface area contributed by atoms with Gasteiger partial charge in [-0.25, -0.2) is 17.5 Å². The van der Waals surface area contributed by atoms with E-state index < -0.39 is 15.4 Å². The maximum atomic E-state index is 13.7. The maximum absolute atomic E-state index is 13.7. The molecule has 6 rings (SSSR count). The Morgan fingerprint density at radius 3 is 2.52 bits per heavy atom. The van der Waals surface area contributed by atoms with Gasteiger partial charge in [0.25, 0.3) is 0 Å². The maximum Gasteiger partial charge on any atom is 0.246 e. The molecule has 0 unspecified atom stereocenters. The molecule has 1 aliphatic heterocycles. The second kappa shape index (κ2) is 10.3. The highest BCUT2D eigenvalue weighted by molar-refractivity contribution is 7.89. The summed E-state index contributed by atoms with van der Waals surface area (Å²) in [7, 11) is -3.70. The molecule has 206 valence electrons. The van der Waals surface area contributed by atoms with Crippen LogP contribution in [0.2, 0.25) is 0 Å². The average Bonchev–Trinajstić information content (AvgIpc) is 3.69. The highest BCUT2D eigenvalue weighted by atomic mass is 32.2. The van der Waals surface area contributed by atoms with E-state index in [2.05, 4.69) is 41.4 Å². The van der Waals surface area contributed by atoms with Gasteiger partial charge < -0.3 is 0 Å². The van der Waals surface area contributed by atoms with E-state index in [1.54, 1.807) is 27.3 Å². The molecule has 0 amide bonds. The van der Waals surface area contributed by atoms with Gasteiger partial charge in [0.05, 0.1) is 23.6 Å². The van der Waals surface area contributed by atoms with E-state index in [1.807, 2.05) is 36.0 Å². The van der Waals surface area contributed by atoms with E-state index in [0.29, 0.717) is 32.5 Å². The van der Waals surface area contributed by atoms with Crippen molar-refractivity contribution in [2.45, 2.75) is 50.0 Å². The molecule has 0 saturated carbocycles. The van der Waals surface area contributed by atoms with Gasteiger partial charge in [0.2, 0.25) is 10.0 Å². The predicted octanol–water partition coefficient (Wildman–Crippen LogP) is 5.65. The van der Waals surface area contributed by atoms with Crippen molar-refractivity contribution in [1.82, 2.24) is 23.9 Å². The molecule has 1 saturated heterocycles. The molecule has 3 heterocycles. The van der Waals surface area contributed by atoms with Gasteiger partial charge in [0.15, 0.2) is 0 Å². The first kappa shape index (κ1) is 26.4. The Balaban J connectivity index is 1.41. The van der Waals surface area contributed by atoms with E-state index in [4.69, 9.17) is 0 Å². The zero-order chi connectivity index (χ0) is 27.9. The van der Waals surface area contributed by atoms with Crippen LogP contribution in [0.1, 0.15) is 36.5 Å². The molecule has 0 N–H and O–H groups in total. The third-order valence-corrected chi connectivity index (χ3v) is 9.76. The van der Waals surface area contributed by atoms with Gasteiger partial charge in [0, 0.05) is 36.6 Å². The van der Waals surface area contributed by atoms with Crippen molar-refractivity contribution >= 4 is 20.9 Å². The summed E-state index contributed by atoms with van der Waals surface area (Å²) in [6.45, 7) is 5.60. The molecule has 5 aromatic rings. The lowest BCUT2D eigenvalue weighted by Gasteiger charge is -2.32. The molecule has 9 heteroatoms. The zero-order valence-electron chi connectivity index (χ0n) is 22.7. The van der Waals surface area contributed by atoms with Crippen LogP contribution in [0.3, 0.4) is 0 Å². The number of sulfonamides is 1. The third kappa shape index (κ3) is 4.73. The molecular formula is C31H32FN5O2S. The molecule has 2 aromatic heterocycles. The molecule has 40 heavy (non-hydrogen) atoms. The van der Waals surface area contributed by atoms with Crippen LogP contribution >= 0.6 is 0 Å². The second-order valence-electron chi connectivity index (χ2n) is 10.7. The highest BCUT2D eigenvalue weighted by Crippen LogP contribution is 2.42. The topological polar surface area (TPSA) is 73.0 Å². The molecule has 0 radical (unpaired) electrons. The van der Waals surface area contributed by atoms with Crippen LogP contribution in [0.5, 0.6) is 0 Å². The summed E-state index contributed by atoms with van der Waals surface area (Å²) in [6, 6.07) is 20.8. The number of rotatable bonds is 8. The van der Waals surface area contributed by atoms with Gasteiger partial charge in [0.1, 0.15) is 10.7 Å². The van der Waals surface area contributed by atoms with Crippen molar-refractivity contribution < 1.29 is 12.8 Å². The minimum absolute atomic E-state index is 0.240. The largest absolute Gasteiger partial charge is 0.271 e. The normalized spacial score (nSPS) is 18.1. The quantitative estimate of drug-likeness (QED) is 0.247. The van der Waals surface area contributed by atoms with Gasteiger partial charge in [-0.3, -0.25) is 4.68 Å². The minimum atomic E-state index is -3.70. The first-order valence-corrected chi connectivity index (χ1v) is 15.0. The van der Waals surface area contributed by atoms with E-state index in [1.165, 1.54) is 23.9 Å². The van der Waals surface area contributed by atoms with Gasteiger partial charge in [-0.15, -0.1) is 0 Å². The molecule has 0 bridgehead atoms. The van der Waals surface area contributed by atoms with E-state index >= 15 is 0 Å². The van der Waals surface area contributed by atoms with Crippen molar-refractivity contribution in [3.8, 4) is 5.69 Å². The van der Waals surface area contributed by atoms with Crippen LogP contribution in [0.4, 0.5) is 4.39 Å². The average molecular weight is 558 g/mol. The van der Waals surface area contributed by atoms with Crippen LogP contribution in [0.25, 0.3) is 16.6 Å². The standard InChI is InChI=1S/C31H32FN5O2S/c1-3-14-35-21-28(20-33-35)40(38,39)36-15-13-31(22-36,18-24-7-5-4-6-8-24)29-17-25-19-34-37(30(25)16-23(29)2)27-11-9-26(32)10-12-27/h4-12,16-17,19-21H,3,13-15,18,22H2,1-2H3/t31-/m0/s1. The van der Waals surface area contributed by atoms with Crippen molar-refractivity contribution in [3.63, 3.8) is 0 Å². The van der Waals surface area contributed by atoms with Gasteiger partial charge in [-0.2, -0.15) is 14.5 Å². The van der Waals surface area contributed by atoms with Crippen LogP contribution in [0, 0.1) is 12.7 Å². The molecule has 1 atom stereocenters. The molecule has 1 aliphatic rings. The number of benzene rings is 3. The van der Waals surface area contributed by atoms with Crippen molar-refractivity contribution in [3.05, 3.63) is 108 Å². The fraction of sp³-hybridized carbons (Fsp3) is 0.290. The lowest BCUT2D eigenvalue weighted by atomic mass is 9.73. The van der Waals surface area contributed by atoms with E-state index in [0.717, 1.165) is 34.1 Å². The Morgan fingerprint density at radius 2 is 1.77 bits per heavy atom. The summed E-state index contributed by atoms with van der Waals surface area (Å²) in [5.41, 5.74) is 4.66. The molecular weight excluding hydrogens is 525 g/mol. The minimum Gasteiger partial charge on any atom is -0.271 e. The summed E-state index contributed by atoms with van der Waals surface area (Å²) in [5.74, 6) is -0.292. The van der Waals surface area contributed by atoms with Gasteiger partial charge in [-0.1, -0.05) is 37.3 Å². The number of hydrogen-bond acceptors (Lipinski definition) is 4. The molecule has 3 aromatic carbocycles. The fourth-order valence-corrected chi connectivity index (χ4v) is 7.48. The third-order valence-electron chi connectivity index (χ3n) is 7.96. The van der Waals surface area contributed by atoms with Crippen molar-refractivity contribution in [2.75, 3.05) is 13.1 Å². The molecule has 0 aliphatic carbocycles. The van der Waals surface area contributed by atoms with Crippen LogP contribution in [-0.4, -0.2) is 45.4 Å². The number of nitrogens with zero attached hydrogens (tertiary/aromatic N) is 5. The Morgan fingerprint density at radius 1 is 1.00 bits per heavy atom. The Hall–Kier alpha value is -3.82. The lowest BCUT2D eigenvalue weighted by molar-refractivity contribution is 0.413. The lowest BCUT2D eigenvalue weighted by Crippen LogP contribution is -2.36. The number of aryl methyl sites for hydroxylation is 2. The van der Waals surface area contributed by atoms with Crippen LogP contribution < -0.4 is 0 Å². The molecule has 1 fully saturated rings. The first-order valence-electron chi connectivity index (χ1n) is 13.6. The predicted molar refractivity (Wildman–Crippen MR) is 153 cm³/mol. The van der Waals surface area contributed by atoms with E-state index in [-0.39, 0.29) is 10.7 Å². The van der Waals surface area contributed by atoms with Gasteiger partial charge >= 0.3 is 0 Å². The Labute approximate surface area is 233 Å². The first-order chi connectivity index (χ1) is 19.3. The second-order valence-corrected chi connectivity index (χ2v) is 12.7. The van der Waals surface area contributed by atoms with Crippen LogP contribution in [-0.2, 0) is 28.4 Å².